The number of carbonyl (C=O) groups is 1. The van der Waals surface area contributed by atoms with E-state index in [9.17, 15) is 4.79 Å². The lowest BCUT2D eigenvalue weighted by molar-refractivity contribution is 0.237. The number of ether oxygens (including phenoxy) is 1. The second-order valence-corrected chi connectivity index (χ2v) is 9.01. The Morgan fingerprint density at radius 3 is 2.63 bits per heavy atom. The van der Waals surface area contributed by atoms with Gasteiger partial charge in [0, 0.05) is 28.4 Å². The Hall–Kier alpha value is -4.35. The van der Waals surface area contributed by atoms with Crippen molar-refractivity contribution in [3.05, 3.63) is 77.3 Å². The topological polar surface area (TPSA) is 101 Å². The number of urea groups is 1. The number of anilines is 2. The van der Waals surface area contributed by atoms with Crippen molar-refractivity contribution in [3.8, 4) is 23.3 Å². The normalized spacial score (nSPS) is 10.6. The zero-order valence-corrected chi connectivity index (χ0v) is 22.3. The number of hydrogen-bond acceptors (Lipinski definition) is 6. The third-order valence-electron chi connectivity index (χ3n) is 5.83. The van der Waals surface area contributed by atoms with Crippen LogP contribution < -0.4 is 20.7 Å². The summed E-state index contributed by atoms with van der Waals surface area (Å²) in [4.78, 5) is 25.0. The number of nitrogens with one attached hydrogen (secondary N) is 3. The number of hydrogen-bond donors (Lipinski definition) is 3. The van der Waals surface area contributed by atoms with E-state index in [4.69, 9.17) is 16.3 Å². The van der Waals surface area contributed by atoms with Crippen LogP contribution in [0.15, 0.2) is 61.1 Å². The summed E-state index contributed by atoms with van der Waals surface area (Å²) in [5, 5.41) is 10.3. The highest BCUT2D eigenvalue weighted by Gasteiger charge is 2.09. The van der Waals surface area contributed by atoms with Gasteiger partial charge in [0.2, 0.25) is 0 Å². The molecule has 2 aromatic heterocycles. The number of aromatic nitrogens is 3. The Bertz CT molecular complexity index is 1480. The van der Waals surface area contributed by atoms with Gasteiger partial charge in [0.25, 0.3) is 0 Å². The quantitative estimate of drug-likeness (QED) is 0.230. The molecule has 0 aliphatic heterocycles. The van der Waals surface area contributed by atoms with Gasteiger partial charge in [-0.05, 0) is 68.3 Å². The van der Waals surface area contributed by atoms with E-state index in [1.165, 1.54) is 6.33 Å². The lowest BCUT2D eigenvalue weighted by atomic mass is 10.1. The fourth-order valence-corrected chi connectivity index (χ4v) is 3.89. The summed E-state index contributed by atoms with van der Waals surface area (Å²) in [6, 6.07) is 14.8. The summed E-state index contributed by atoms with van der Waals surface area (Å²) in [5.41, 5.74) is 3.21. The fourth-order valence-electron chi connectivity index (χ4n) is 3.67. The Balaban J connectivity index is 1.45. The second-order valence-electron chi connectivity index (χ2n) is 8.60. The summed E-state index contributed by atoms with van der Waals surface area (Å²) in [6.45, 7) is 6.25. The predicted molar refractivity (Wildman–Crippen MR) is 151 cm³/mol. The predicted octanol–water partition coefficient (Wildman–Crippen LogP) is 6.36. The molecule has 0 spiro atoms. The van der Waals surface area contributed by atoms with E-state index in [0.29, 0.717) is 22.3 Å². The molecule has 8 nitrogen and oxygen atoms in total. The van der Waals surface area contributed by atoms with Crippen LogP contribution in [0, 0.1) is 18.8 Å². The molecule has 4 aromatic rings. The Morgan fingerprint density at radius 1 is 1.05 bits per heavy atom. The van der Waals surface area contributed by atoms with Gasteiger partial charge in [0.05, 0.1) is 23.3 Å². The third-order valence-corrected chi connectivity index (χ3v) is 6.13. The molecule has 0 fully saturated rings. The molecule has 2 aromatic carbocycles. The number of aryl methyl sites for hydroxylation is 1. The van der Waals surface area contributed by atoms with Crippen molar-refractivity contribution in [3.63, 3.8) is 0 Å². The molecule has 0 saturated heterocycles. The molecule has 9 heteroatoms. The maximum atomic E-state index is 12.0. The zero-order chi connectivity index (χ0) is 26.9. The Morgan fingerprint density at radius 2 is 1.89 bits per heavy atom. The van der Waals surface area contributed by atoms with Gasteiger partial charge in [-0.3, -0.25) is 4.98 Å². The Labute approximate surface area is 227 Å². The number of fused-ring (bicyclic) bond motifs is 1. The molecule has 0 bridgehead atoms. The van der Waals surface area contributed by atoms with Crippen molar-refractivity contribution in [2.75, 3.05) is 11.9 Å². The first-order valence-corrected chi connectivity index (χ1v) is 12.8. The molecule has 0 saturated carbocycles. The molecule has 0 radical (unpaired) electrons. The maximum absolute atomic E-state index is 12.0. The van der Waals surface area contributed by atoms with Crippen LogP contribution >= 0.6 is 11.6 Å². The largest absolute Gasteiger partial charge is 0.454 e. The average molecular weight is 529 g/mol. The van der Waals surface area contributed by atoms with Crippen molar-refractivity contribution in [2.45, 2.75) is 39.7 Å². The van der Waals surface area contributed by atoms with Gasteiger partial charge in [-0.1, -0.05) is 37.3 Å². The molecule has 194 valence electrons. The Kier molecular flexibility index (Phi) is 8.96. The summed E-state index contributed by atoms with van der Waals surface area (Å²) in [5.74, 6) is 7.83. The van der Waals surface area contributed by atoms with E-state index in [0.717, 1.165) is 40.7 Å². The van der Waals surface area contributed by atoms with Crippen molar-refractivity contribution >= 4 is 40.0 Å². The minimum Gasteiger partial charge on any atom is -0.454 e. The standard InChI is InChI=1S/C29H29ClN6O2/c1-4-21(5-2)36-29(37)31-14-6-7-20-9-12-26-24(15-20)28(34-18-33-26)35-22-10-13-27(25(30)16-22)38-23-11-8-19(3)32-17-23/h8-13,15-18,21H,4-5,14H2,1-3H3,(H2,31,36,37)(H,33,34,35). The summed E-state index contributed by atoms with van der Waals surface area (Å²) < 4.78 is 5.85. The first kappa shape index (κ1) is 26.7. The number of pyridine rings is 1. The van der Waals surface area contributed by atoms with E-state index < -0.39 is 0 Å². The van der Waals surface area contributed by atoms with Gasteiger partial charge in [0.15, 0.2) is 0 Å². The number of halogens is 1. The number of amides is 2. The molecule has 0 atom stereocenters. The molecule has 3 N–H and O–H groups in total. The van der Waals surface area contributed by atoms with E-state index in [1.54, 1.807) is 18.3 Å². The van der Waals surface area contributed by atoms with Gasteiger partial charge in [0.1, 0.15) is 23.6 Å². The minimum atomic E-state index is -0.211. The van der Waals surface area contributed by atoms with Crippen LogP contribution in [0.1, 0.15) is 37.9 Å². The maximum Gasteiger partial charge on any atom is 0.315 e. The first-order valence-electron chi connectivity index (χ1n) is 12.4. The molecule has 2 amide bonds. The molecule has 38 heavy (non-hydrogen) atoms. The van der Waals surface area contributed by atoms with Gasteiger partial charge in [-0.2, -0.15) is 0 Å². The highest BCUT2D eigenvalue weighted by atomic mass is 35.5. The molecule has 0 aliphatic rings. The van der Waals surface area contributed by atoms with Gasteiger partial charge in [-0.25, -0.2) is 14.8 Å². The van der Waals surface area contributed by atoms with Crippen LogP contribution in [0.3, 0.4) is 0 Å². The average Bonchev–Trinajstić information content (AvgIpc) is 2.92. The van der Waals surface area contributed by atoms with Crippen LogP contribution in [-0.4, -0.2) is 33.6 Å². The number of carbonyl (C=O) groups excluding carboxylic acids is 1. The van der Waals surface area contributed by atoms with E-state index in [2.05, 4.69) is 42.7 Å². The highest BCUT2D eigenvalue weighted by Crippen LogP contribution is 2.33. The van der Waals surface area contributed by atoms with Crippen molar-refractivity contribution in [2.24, 2.45) is 0 Å². The van der Waals surface area contributed by atoms with Crippen LogP contribution in [0.4, 0.5) is 16.3 Å². The first-order chi connectivity index (χ1) is 18.4. The summed E-state index contributed by atoms with van der Waals surface area (Å²) in [7, 11) is 0. The monoisotopic (exact) mass is 528 g/mol. The number of benzene rings is 2. The van der Waals surface area contributed by atoms with Gasteiger partial charge >= 0.3 is 6.03 Å². The summed E-state index contributed by atoms with van der Waals surface area (Å²) >= 11 is 6.49. The number of rotatable bonds is 8. The molecular weight excluding hydrogens is 500 g/mol. The minimum absolute atomic E-state index is 0.165. The number of nitrogens with zero attached hydrogens (tertiary/aromatic N) is 3. The lowest BCUT2D eigenvalue weighted by Crippen LogP contribution is -2.41. The molecule has 4 rings (SSSR count). The molecular formula is C29H29ClN6O2. The summed E-state index contributed by atoms with van der Waals surface area (Å²) in [6.07, 6.45) is 4.94. The fraction of sp³-hybridized carbons (Fsp3) is 0.241. The van der Waals surface area contributed by atoms with Crippen LogP contribution in [-0.2, 0) is 0 Å². The molecule has 2 heterocycles. The lowest BCUT2D eigenvalue weighted by Gasteiger charge is -2.14. The molecule has 0 unspecified atom stereocenters. The highest BCUT2D eigenvalue weighted by molar-refractivity contribution is 6.32. The third kappa shape index (κ3) is 7.11. The van der Waals surface area contributed by atoms with Gasteiger partial charge in [-0.15, -0.1) is 0 Å². The van der Waals surface area contributed by atoms with E-state index in [1.807, 2.05) is 57.2 Å². The van der Waals surface area contributed by atoms with Crippen molar-refractivity contribution in [1.29, 1.82) is 0 Å². The van der Waals surface area contributed by atoms with Crippen LogP contribution in [0.2, 0.25) is 5.02 Å². The van der Waals surface area contributed by atoms with E-state index in [-0.39, 0.29) is 18.6 Å². The van der Waals surface area contributed by atoms with E-state index >= 15 is 0 Å². The van der Waals surface area contributed by atoms with Crippen molar-refractivity contribution < 1.29 is 9.53 Å². The smallest absolute Gasteiger partial charge is 0.315 e. The SMILES string of the molecule is CCC(CC)NC(=O)NCC#Cc1ccc2ncnc(Nc3ccc(Oc4ccc(C)nc4)c(Cl)c3)c2c1. The second kappa shape index (κ2) is 12.7. The molecule has 0 aliphatic carbocycles. The van der Waals surface area contributed by atoms with Crippen molar-refractivity contribution in [1.82, 2.24) is 25.6 Å². The van der Waals surface area contributed by atoms with Gasteiger partial charge < -0.3 is 20.7 Å². The van der Waals surface area contributed by atoms with Crippen LogP contribution in [0.25, 0.3) is 10.9 Å². The van der Waals surface area contributed by atoms with Crippen LogP contribution in [0.5, 0.6) is 11.5 Å². The zero-order valence-electron chi connectivity index (χ0n) is 21.5.